The van der Waals surface area contributed by atoms with E-state index < -0.39 is 12.4 Å². The number of hydrogen-bond donors (Lipinski definition) is 1. The SMILES string of the molecule is COC(=O)c1cc(C(F)F)c(Br)c(N)n1. The van der Waals surface area contributed by atoms with Crippen LogP contribution in [0.4, 0.5) is 14.6 Å². The molecule has 15 heavy (non-hydrogen) atoms. The molecule has 1 rings (SSSR count). The lowest BCUT2D eigenvalue weighted by Gasteiger charge is -2.07. The van der Waals surface area contributed by atoms with Gasteiger partial charge in [0.1, 0.15) is 5.82 Å². The summed E-state index contributed by atoms with van der Waals surface area (Å²) in [5, 5.41) is 0. The number of carbonyl (C=O) groups is 1. The Hall–Kier alpha value is -1.24. The average Bonchev–Trinajstić information content (AvgIpc) is 2.20. The van der Waals surface area contributed by atoms with Crippen molar-refractivity contribution in [2.24, 2.45) is 0 Å². The number of pyridine rings is 1. The zero-order valence-electron chi connectivity index (χ0n) is 7.63. The third kappa shape index (κ3) is 2.41. The lowest BCUT2D eigenvalue weighted by Crippen LogP contribution is -2.08. The monoisotopic (exact) mass is 280 g/mol. The predicted octanol–water partition coefficient (Wildman–Crippen LogP) is 2.15. The van der Waals surface area contributed by atoms with Gasteiger partial charge in [-0.2, -0.15) is 0 Å². The first kappa shape index (κ1) is 11.8. The highest BCUT2D eigenvalue weighted by Gasteiger charge is 2.19. The van der Waals surface area contributed by atoms with E-state index in [1.807, 2.05) is 0 Å². The lowest BCUT2D eigenvalue weighted by molar-refractivity contribution is 0.0593. The Morgan fingerprint density at radius 1 is 1.67 bits per heavy atom. The normalized spacial score (nSPS) is 10.5. The number of esters is 1. The Morgan fingerprint density at radius 3 is 2.73 bits per heavy atom. The number of nitrogens with zero attached hydrogens (tertiary/aromatic N) is 1. The van der Waals surface area contributed by atoms with Gasteiger partial charge in [0.05, 0.1) is 11.6 Å². The van der Waals surface area contributed by atoms with E-state index in [1.54, 1.807) is 0 Å². The number of alkyl halides is 2. The number of methoxy groups -OCH3 is 1. The summed E-state index contributed by atoms with van der Waals surface area (Å²) in [7, 11) is 1.13. The number of nitrogen functional groups attached to an aromatic ring is 1. The van der Waals surface area contributed by atoms with Crippen molar-refractivity contribution in [2.45, 2.75) is 6.43 Å². The van der Waals surface area contributed by atoms with Gasteiger partial charge < -0.3 is 10.5 Å². The Balaban J connectivity index is 3.29. The van der Waals surface area contributed by atoms with Gasteiger partial charge in [0.2, 0.25) is 0 Å². The third-order valence-electron chi connectivity index (χ3n) is 1.64. The van der Waals surface area contributed by atoms with E-state index >= 15 is 0 Å². The van der Waals surface area contributed by atoms with Crippen LogP contribution in [0, 0.1) is 0 Å². The average molecular weight is 281 g/mol. The highest BCUT2D eigenvalue weighted by atomic mass is 79.9. The van der Waals surface area contributed by atoms with Crippen LogP contribution in [0.15, 0.2) is 10.5 Å². The molecule has 0 radical (unpaired) electrons. The molecule has 0 unspecified atom stereocenters. The highest BCUT2D eigenvalue weighted by molar-refractivity contribution is 9.10. The highest BCUT2D eigenvalue weighted by Crippen LogP contribution is 2.31. The van der Waals surface area contributed by atoms with Gasteiger partial charge in [-0.05, 0) is 22.0 Å². The Kier molecular flexibility index (Phi) is 3.57. The second kappa shape index (κ2) is 4.52. The van der Waals surface area contributed by atoms with Gasteiger partial charge in [-0.3, -0.25) is 0 Å². The van der Waals surface area contributed by atoms with E-state index in [9.17, 15) is 13.6 Å². The summed E-state index contributed by atoms with van der Waals surface area (Å²) in [6, 6.07) is 0.941. The van der Waals surface area contributed by atoms with Gasteiger partial charge >= 0.3 is 5.97 Å². The Bertz CT molecular complexity index is 398. The predicted molar refractivity (Wildman–Crippen MR) is 52.6 cm³/mol. The molecule has 0 spiro atoms. The smallest absolute Gasteiger partial charge is 0.356 e. The van der Waals surface area contributed by atoms with E-state index in [0.29, 0.717) is 0 Å². The zero-order chi connectivity index (χ0) is 11.6. The molecule has 0 saturated heterocycles. The molecule has 0 saturated carbocycles. The van der Waals surface area contributed by atoms with Crippen LogP contribution >= 0.6 is 15.9 Å². The molecular weight excluding hydrogens is 274 g/mol. The number of nitrogens with two attached hydrogens (primary N) is 1. The van der Waals surface area contributed by atoms with E-state index in [1.165, 1.54) is 0 Å². The summed E-state index contributed by atoms with van der Waals surface area (Å²) in [5.41, 5.74) is 4.72. The minimum absolute atomic E-state index is 0.00912. The molecule has 0 bridgehead atoms. The van der Waals surface area contributed by atoms with Gasteiger partial charge in [-0.1, -0.05) is 0 Å². The number of halogens is 3. The van der Waals surface area contributed by atoms with Crippen LogP contribution in [0.3, 0.4) is 0 Å². The van der Waals surface area contributed by atoms with Gasteiger partial charge in [-0.25, -0.2) is 18.6 Å². The third-order valence-corrected chi connectivity index (χ3v) is 2.51. The second-order valence-electron chi connectivity index (χ2n) is 2.59. The topological polar surface area (TPSA) is 65.2 Å². The van der Waals surface area contributed by atoms with E-state index in [-0.39, 0.29) is 21.5 Å². The number of carbonyl (C=O) groups excluding carboxylic acids is 1. The van der Waals surface area contributed by atoms with Crippen LogP contribution in [0.5, 0.6) is 0 Å². The van der Waals surface area contributed by atoms with Crippen molar-refractivity contribution < 1.29 is 18.3 Å². The van der Waals surface area contributed by atoms with E-state index in [0.717, 1.165) is 13.2 Å². The molecule has 7 heteroatoms. The van der Waals surface area contributed by atoms with Crippen molar-refractivity contribution in [3.8, 4) is 0 Å². The standard InChI is InChI=1S/C8H7BrF2N2O2/c1-15-8(14)4-2-3(6(10)11)5(9)7(12)13-4/h2,6H,1H3,(H2,12,13). The molecule has 1 aromatic rings. The van der Waals surface area contributed by atoms with Crippen molar-refractivity contribution in [2.75, 3.05) is 12.8 Å². The fraction of sp³-hybridized carbons (Fsp3) is 0.250. The summed E-state index contributed by atoms with van der Waals surface area (Å²) >= 11 is 2.87. The van der Waals surface area contributed by atoms with Crippen LogP contribution in [-0.4, -0.2) is 18.1 Å². The molecule has 0 atom stereocenters. The molecule has 0 aliphatic carbocycles. The van der Waals surface area contributed by atoms with Crippen LogP contribution < -0.4 is 5.73 Å². The lowest BCUT2D eigenvalue weighted by atomic mass is 10.2. The number of aromatic nitrogens is 1. The van der Waals surface area contributed by atoms with Crippen LogP contribution in [-0.2, 0) is 4.74 Å². The number of hydrogen-bond acceptors (Lipinski definition) is 4. The van der Waals surface area contributed by atoms with Crippen molar-refractivity contribution >= 4 is 27.7 Å². The Morgan fingerprint density at radius 2 is 2.27 bits per heavy atom. The van der Waals surface area contributed by atoms with Crippen molar-refractivity contribution in [3.05, 3.63) is 21.8 Å². The first-order valence-electron chi connectivity index (χ1n) is 3.79. The fourth-order valence-electron chi connectivity index (χ4n) is 0.938. The molecular formula is C8H7BrF2N2O2. The zero-order valence-corrected chi connectivity index (χ0v) is 9.22. The second-order valence-corrected chi connectivity index (χ2v) is 3.38. The van der Waals surface area contributed by atoms with Gasteiger partial charge in [0.25, 0.3) is 6.43 Å². The summed E-state index contributed by atoms with van der Waals surface area (Å²) in [5.74, 6) is -0.982. The molecule has 2 N–H and O–H groups in total. The maximum Gasteiger partial charge on any atom is 0.356 e. The summed E-state index contributed by atoms with van der Waals surface area (Å²) < 4.78 is 29.3. The molecule has 0 amide bonds. The summed E-state index contributed by atoms with van der Waals surface area (Å²) in [6.45, 7) is 0. The summed E-state index contributed by atoms with van der Waals surface area (Å²) in [4.78, 5) is 14.7. The van der Waals surface area contributed by atoms with Crippen molar-refractivity contribution in [3.63, 3.8) is 0 Å². The first-order valence-corrected chi connectivity index (χ1v) is 4.59. The van der Waals surface area contributed by atoms with Gasteiger partial charge in [0.15, 0.2) is 5.69 Å². The van der Waals surface area contributed by atoms with Crippen molar-refractivity contribution in [1.29, 1.82) is 0 Å². The maximum absolute atomic E-state index is 12.5. The Labute approximate surface area is 92.6 Å². The summed E-state index contributed by atoms with van der Waals surface area (Å²) in [6.07, 6.45) is -2.74. The molecule has 0 fully saturated rings. The number of anilines is 1. The molecule has 0 aliphatic rings. The van der Waals surface area contributed by atoms with Crippen LogP contribution in [0.1, 0.15) is 22.5 Å². The maximum atomic E-state index is 12.5. The van der Waals surface area contributed by atoms with Gasteiger partial charge in [0, 0.05) is 5.56 Å². The molecule has 0 aliphatic heterocycles. The minimum atomic E-state index is -2.74. The number of rotatable bonds is 2. The molecule has 0 aromatic carbocycles. The van der Waals surface area contributed by atoms with Crippen molar-refractivity contribution in [1.82, 2.24) is 4.98 Å². The first-order chi connectivity index (χ1) is 6.97. The van der Waals surface area contributed by atoms with Crippen LogP contribution in [0.25, 0.3) is 0 Å². The molecule has 1 aromatic heterocycles. The van der Waals surface area contributed by atoms with E-state index in [2.05, 4.69) is 25.7 Å². The van der Waals surface area contributed by atoms with Crippen LogP contribution in [0.2, 0.25) is 0 Å². The quantitative estimate of drug-likeness (QED) is 0.843. The van der Waals surface area contributed by atoms with Gasteiger partial charge in [-0.15, -0.1) is 0 Å². The fourth-order valence-corrected chi connectivity index (χ4v) is 1.31. The largest absolute Gasteiger partial charge is 0.464 e. The molecule has 4 nitrogen and oxygen atoms in total. The molecule has 1 heterocycles. The molecule has 82 valence electrons. The minimum Gasteiger partial charge on any atom is -0.464 e. The number of ether oxygens (including phenoxy) is 1. The van der Waals surface area contributed by atoms with E-state index in [4.69, 9.17) is 5.73 Å².